The molecule has 1 rings (SSSR count). The summed E-state index contributed by atoms with van der Waals surface area (Å²) < 4.78 is 9.86. The van der Waals surface area contributed by atoms with Crippen molar-refractivity contribution < 1.29 is 19.1 Å². The molecule has 1 amide bonds. The van der Waals surface area contributed by atoms with Gasteiger partial charge < -0.3 is 14.8 Å². The van der Waals surface area contributed by atoms with Gasteiger partial charge in [0.2, 0.25) is 0 Å². The van der Waals surface area contributed by atoms with E-state index in [0.717, 1.165) is 25.7 Å². The van der Waals surface area contributed by atoms with Gasteiger partial charge in [-0.05, 0) is 31.6 Å². The molecule has 0 aromatic carbocycles. The lowest BCUT2D eigenvalue weighted by molar-refractivity contribution is -0.140. The second-order valence-electron chi connectivity index (χ2n) is 5.75. The summed E-state index contributed by atoms with van der Waals surface area (Å²) in [6.07, 6.45) is 8.38. The molecule has 0 spiro atoms. The van der Waals surface area contributed by atoms with Gasteiger partial charge in [-0.2, -0.15) is 0 Å². The van der Waals surface area contributed by atoms with Crippen LogP contribution in [0.3, 0.4) is 0 Å². The summed E-state index contributed by atoms with van der Waals surface area (Å²) in [6.45, 7) is 2.51. The van der Waals surface area contributed by atoms with E-state index >= 15 is 0 Å². The number of amides is 1. The summed E-state index contributed by atoms with van der Waals surface area (Å²) in [5, 5.41) is 2.96. The lowest BCUT2D eigenvalue weighted by Gasteiger charge is -2.30. The Bertz CT molecular complexity index is 313. The highest BCUT2D eigenvalue weighted by Crippen LogP contribution is 2.28. The van der Waals surface area contributed by atoms with Crippen LogP contribution in [-0.4, -0.2) is 31.8 Å². The zero-order valence-electron chi connectivity index (χ0n) is 13.4. The Kier molecular flexibility index (Phi) is 8.87. The largest absolute Gasteiger partial charge is 0.469 e. The van der Waals surface area contributed by atoms with Crippen LogP contribution in [0.4, 0.5) is 4.79 Å². The summed E-state index contributed by atoms with van der Waals surface area (Å²) in [5.74, 6) is 0.221. The molecule has 1 fully saturated rings. The standard InChI is InChI=1S/C16H29NO4/c1-3-4-12-21-16(19)17-14(10-11-15(18)20-2)13-8-6-5-7-9-13/h13-14H,3-12H2,1-2H3,(H,17,19). The minimum absolute atomic E-state index is 0.0125. The number of esters is 1. The van der Waals surface area contributed by atoms with Crippen molar-refractivity contribution in [1.82, 2.24) is 5.32 Å². The normalized spacial score (nSPS) is 17.0. The van der Waals surface area contributed by atoms with Gasteiger partial charge in [0.25, 0.3) is 0 Å². The molecule has 0 aromatic rings. The topological polar surface area (TPSA) is 64.6 Å². The zero-order chi connectivity index (χ0) is 15.5. The molecule has 1 unspecified atom stereocenters. The second kappa shape index (κ2) is 10.5. The maximum Gasteiger partial charge on any atom is 0.407 e. The number of hydrogen-bond donors (Lipinski definition) is 1. The average molecular weight is 299 g/mol. The first-order chi connectivity index (χ1) is 10.2. The van der Waals surface area contributed by atoms with Crippen LogP contribution in [0, 0.1) is 5.92 Å². The highest BCUT2D eigenvalue weighted by atomic mass is 16.5. The van der Waals surface area contributed by atoms with E-state index in [9.17, 15) is 9.59 Å². The number of carbonyl (C=O) groups excluding carboxylic acids is 2. The van der Waals surface area contributed by atoms with Crippen molar-refractivity contribution in [3.05, 3.63) is 0 Å². The zero-order valence-corrected chi connectivity index (χ0v) is 13.4. The molecule has 122 valence electrons. The van der Waals surface area contributed by atoms with E-state index in [4.69, 9.17) is 4.74 Å². The third kappa shape index (κ3) is 7.34. The van der Waals surface area contributed by atoms with Gasteiger partial charge in [0.15, 0.2) is 0 Å². The van der Waals surface area contributed by atoms with E-state index in [0.29, 0.717) is 25.4 Å². The molecule has 1 saturated carbocycles. The van der Waals surface area contributed by atoms with Crippen molar-refractivity contribution >= 4 is 12.1 Å². The molecular weight excluding hydrogens is 270 g/mol. The van der Waals surface area contributed by atoms with E-state index < -0.39 is 0 Å². The Hall–Kier alpha value is -1.26. The number of methoxy groups -OCH3 is 1. The van der Waals surface area contributed by atoms with Gasteiger partial charge in [-0.1, -0.05) is 32.6 Å². The Labute approximate surface area is 127 Å². The Morgan fingerprint density at radius 2 is 1.95 bits per heavy atom. The molecule has 5 nitrogen and oxygen atoms in total. The van der Waals surface area contributed by atoms with Gasteiger partial charge in [0, 0.05) is 12.5 Å². The number of carbonyl (C=O) groups is 2. The summed E-state index contributed by atoms with van der Waals surface area (Å²) in [6, 6.07) is 0.0125. The number of rotatable bonds is 8. The molecule has 0 heterocycles. The maximum absolute atomic E-state index is 11.8. The van der Waals surface area contributed by atoms with Gasteiger partial charge in [-0.3, -0.25) is 4.79 Å². The molecule has 0 radical (unpaired) electrons. The van der Waals surface area contributed by atoms with Crippen molar-refractivity contribution in [2.75, 3.05) is 13.7 Å². The summed E-state index contributed by atoms with van der Waals surface area (Å²) in [5.41, 5.74) is 0. The van der Waals surface area contributed by atoms with Crippen LogP contribution in [0.2, 0.25) is 0 Å². The Morgan fingerprint density at radius 1 is 1.24 bits per heavy atom. The minimum Gasteiger partial charge on any atom is -0.469 e. The number of hydrogen-bond acceptors (Lipinski definition) is 4. The highest BCUT2D eigenvalue weighted by Gasteiger charge is 2.26. The predicted molar refractivity (Wildman–Crippen MR) is 81.0 cm³/mol. The molecule has 21 heavy (non-hydrogen) atoms. The molecule has 1 atom stereocenters. The van der Waals surface area contributed by atoms with Gasteiger partial charge in [-0.25, -0.2) is 4.79 Å². The van der Waals surface area contributed by atoms with Crippen LogP contribution < -0.4 is 5.32 Å². The molecule has 5 heteroatoms. The van der Waals surface area contributed by atoms with Crippen molar-refractivity contribution in [3.63, 3.8) is 0 Å². The minimum atomic E-state index is -0.358. The Balaban J connectivity index is 2.45. The van der Waals surface area contributed by atoms with E-state index in [1.165, 1.54) is 26.4 Å². The summed E-state index contributed by atoms with van der Waals surface area (Å²) >= 11 is 0. The summed E-state index contributed by atoms with van der Waals surface area (Å²) in [4.78, 5) is 23.2. The lowest BCUT2D eigenvalue weighted by Crippen LogP contribution is -2.41. The van der Waals surface area contributed by atoms with Gasteiger partial charge in [0.1, 0.15) is 0 Å². The lowest BCUT2D eigenvalue weighted by atomic mass is 9.82. The van der Waals surface area contributed by atoms with Crippen LogP contribution in [0.5, 0.6) is 0 Å². The van der Waals surface area contributed by atoms with E-state index in [1.807, 2.05) is 0 Å². The fourth-order valence-electron chi connectivity index (χ4n) is 2.84. The molecule has 0 bridgehead atoms. The van der Waals surface area contributed by atoms with Crippen molar-refractivity contribution in [2.24, 2.45) is 5.92 Å². The number of alkyl carbamates (subject to hydrolysis) is 1. The van der Waals surface area contributed by atoms with Gasteiger partial charge in [0.05, 0.1) is 13.7 Å². The first-order valence-electron chi connectivity index (χ1n) is 8.17. The SMILES string of the molecule is CCCCOC(=O)NC(CCC(=O)OC)C1CCCCC1. The van der Waals surface area contributed by atoms with Crippen molar-refractivity contribution in [3.8, 4) is 0 Å². The fourth-order valence-corrected chi connectivity index (χ4v) is 2.84. The average Bonchev–Trinajstić information content (AvgIpc) is 2.52. The molecule has 1 N–H and O–H groups in total. The van der Waals surface area contributed by atoms with E-state index in [-0.39, 0.29) is 18.1 Å². The fraction of sp³-hybridized carbons (Fsp3) is 0.875. The van der Waals surface area contributed by atoms with Crippen molar-refractivity contribution in [1.29, 1.82) is 0 Å². The first-order valence-corrected chi connectivity index (χ1v) is 8.17. The quantitative estimate of drug-likeness (QED) is 0.551. The molecule has 0 aliphatic heterocycles. The Morgan fingerprint density at radius 3 is 2.57 bits per heavy atom. The smallest absolute Gasteiger partial charge is 0.407 e. The first kappa shape index (κ1) is 17.8. The number of unbranched alkanes of at least 4 members (excludes halogenated alkanes) is 1. The predicted octanol–water partition coefficient (Wildman–Crippen LogP) is 3.41. The third-order valence-electron chi connectivity index (χ3n) is 4.14. The van der Waals surface area contributed by atoms with E-state index in [2.05, 4.69) is 17.0 Å². The monoisotopic (exact) mass is 299 g/mol. The van der Waals surface area contributed by atoms with Crippen LogP contribution in [0.1, 0.15) is 64.7 Å². The van der Waals surface area contributed by atoms with Crippen LogP contribution in [0.25, 0.3) is 0 Å². The van der Waals surface area contributed by atoms with Gasteiger partial charge in [-0.15, -0.1) is 0 Å². The maximum atomic E-state index is 11.8. The third-order valence-corrected chi connectivity index (χ3v) is 4.14. The van der Waals surface area contributed by atoms with Crippen LogP contribution >= 0.6 is 0 Å². The van der Waals surface area contributed by atoms with E-state index in [1.54, 1.807) is 0 Å². The van der Waals surface area contributed by atoms with Crippen LogP contribution in [-0.2, 0) is 14.3 Å². The van der Waals surface area contributed by atoms with Crippen LogP contribution in [0.15, 0.2) is 0 Å². The molecule has 1 aliphatic rings. The second-order valence-corrected chi connectivity index (χ2v) is 5.75. The molecule has 0 aromatic heterocycles. The summed E-state index contributed by atoms with van der Waals surface area (Å²) in [7, 11) is 1.39. The van der Waals surface area contributed by atoms with Crippen molar-refractivity contribution in [2.45, 2.75) is 70.8 Å². The molecule has 0 saturated heterocycles. The molecule has 1 aliphatic carbocycles. The molecular formula is C16H29NO4. The highest BCUT2D eigenvalue weighted by molar-refractivity contribution is 5.70. The number of ether oxygens (including phenoxy) is 2. The van der Waals surface area contributed by atoms with Gasteiger partial charge >= 0.3 is 12.1 Å². The number of nitrogens with one attached hydrogen (secondary N) is 1.